The number of fused-ring (bicyclic) bond motifs is 1. The van der Waals surface area contributed by atoms with Gasteiger partial charge in [-0.1, -0.05) is 11.6 Å². The lowest BCUT2D eigenvalue weighted by Gasteiger charge is -2.09. The second-order valence-electron chi connectivity index (χ2n) is 3.90. The minimum absolute atomic E-state index is 0.00275. The Morgan fingerprint density at radius 3 is 3.00 bits per heavy atom. The monoisotopic (exact) mass is 268 g/mol. The van der Waals surface area contributed by atoms with Gasteiger partial charge in [-0.2, -0.15) is 17.6 Å². The van der Waals surface area contributed by atoms with Crippen LogP contribution in [0, 0.1) is 0 Å². The van der Waals surface area contributed by atoms with Crippen LogP contribution >= 0.6 is 24.2 Å². The summed E-state index contributed by atoms with van der Waals surface area (Å²) in [6.45, 7) is 0.538. The maximum atomic E-state index is 11.7. The normalized spacial score (nSPS) is 20.5. The molecular formula is C10H9ClN4OS. The molecule has 7 heteroatoms. The molecule has 17 heavy (non-hydrogen) atoms. The van der Waals surface area contributed by atoms with Crippen LogP contribution in [0.15, 0.2) is 18.3 Å². The molecule has 0 aliphatic carbocycles. The molecule has 3 heterocycles. The zero-order valence-electron chi connectivity index (χ0n) is 8.75. The van der Waals surface area contributed by atoms with Gasteiger partial charge >= 0.3 is 0 Å². The van der Waals surface area contributed by atoms with Gasteiger partial charge in [0.15, 0.2) is 5.65 Å². The molecule has 0 radical (unpaired) electrons. The van der Waals surface area contributed by atoms with Gasteiger partial charge in [0.25, 0.3) is 5.95 Å². The smallest absolute Gasteiger partial charge is 0.252 e. The second kappa shape index (κ2) is 3.89. The highest BCUT2D eigenvalue weighted by Crippen LogP contribution is 2.23. The Hall–Kier alpha value is -1.27. The number of carbonyl (C=O) groups is 1. The Morgan fingerprint density at radius 1 is 1.53 bits per heavy atom. The van der Waals surface area contributed by atoms with Crippen molar-refractivity contribution in [3.63, 3.8) is 0 Å². The number of rotatable bonds is 1. The number of thiol groups is 1. The van der Waals surface area contributed by atoms with E-state index in [2.05, 4.69) is 22.7 Å². The van der Waals surface area contributed by atoms with Crippen LogP contribution in [-0.4, -0.2) is 32.3 Å². The lowest BCUT2D eigenvalue weighted by molar-refractivity contribution is -0.117. The molecule has 1 amide bonds. The van der Waals surface area contributed by atoms with E-state index in [9.17, 15) is 4.79 Å². The first-order valence-electron chi connectivity index (χ1n) is 5.14. The standard InChI is InChI=1S/C10H9ClN4OS/c11-7-2-1-3-15-9(7)12-10(13-15)14-5-6(17)4-8(14)16/h1-3,6,17H,4-5H2. The second-order valence-corrected chi connectivity index (χ2v) is 5.04. The molecule has 1 aliphatic rings. The predicted octanol–water partition coefficient (Wildman–Crippen LogP) is 1.42. The molecule has 3 rings (SSSR count). The molecule has 0 aromatic carbocycles. The molecule has 0 N–H and O–H groups in total. The van der Waals surface area contributed by atoms with Gasteiger partial charge in [0.1, 0.15) is 0 Å². The van der Waals surface area contributed by atoms with Crippen molar-refractivity contribution in [3.8, 4) is 0 Å². The fourth-order valence-corrected chi connectivity index (χ4v) is 2.38. The highest BCUT2D eigenvalue weighted by atomic mass is 35.5. The molecule has 2 aromatic heterocycles. The SMILES string of the molecule is O=C1CC(S)CN1c1nc2c(Cl)cccn2n1. The molecular weight excluding hydrogens is 260 g/mol. The highest BCUT2D eigenvalue weighted by Gasteiger charge is 2.31. The van der Waals surface area contributed by atoms with E-state index in [4.69, 9.17) is 11.6 Å². The number of aromatic nitrogens is 3. The van der Waals surface area contributed by atoms with Gasteiger partial charge in [0, 0.05) is 24.4 Å². The average Bonchev–Trinajstić information content (AvgIpc) is 2.82. The number of carbonyl (C=O) groups excluding carboxylic acids is 1. The lowest BCUT2D eigenvalue weighted by Crippen LogP contribution is -2.25. The molecule has 1 aliphatic heterocycles. The van der Waals surface area contributed by atoms with Gasteiger partial charge in [-0.25, -0.2) is 4.52 Å². The number of halogens is 1. The fraction of sp³-hybridized carbons (Fsp3) is 0.300. The third-order valence-electron chi connectivity index (χ3n) is 2.65. The van der Waals surface area contributed by atoms with Crippen LogP contribution in [0.2, 0.25) is 5.02 Å². The van der Waals surface area contributed by atoms with Crippen LogP contribution < -0.4 is 4.90 Å². The van der Waals surface area contributed by atoms with E-state index < -0.39 is 0 Å². The first kappa shape index (κ1) is 10.9. The zero-order valence-corrected chi connectivity index (χ0v) is 10.4. The molecule has 1 fully saturated rings. The summed E-state index contributed by atoms with van der Waals surface area (Å²) in [5, 5.41) is 4.79. The summed E-state index contributed by atoms with van der Waals surface area (Å²) in [5.74, 6) is 0.386. The zero-order chi connectivity index (χ0) is 12.0. The quantitative estimate of drug-likeness (QED) is 0.796. The molecule has 1 unspecified atom stereocenters. The van der Waals surface area contributed by atoms with Gasteiger partial charge in [-0.3, -0.25) is 9.69 Å². The van der Waals surface area contributed by atoms with Crippen LogP contribution in [-0.2, 0) is 4.79 Å². The van der Waals surface area contributed by atoms with E-state index >= 15 is 0 Å². The van der Waals surface area contributed by atoms with Crippen molar-refractivity contribution in [2.24, 2.45) is 0 Å². The molecule has 5 nitrogen and oxygen atoms in total. The van der Waals surface area contributed by atoms with Crippen molar-refractivity contribution in [1.29, 1.82) is 0 Å². The Bertz CT molecular complexity index is 599. The molecule has 0 saturated carbocycles. The maximum Gasteiger partial charge on any atom is 0.252 e. The summed E-state index contributed by atoms with van der Waals surface area (Å²) in [6.07, 6.45) is 2.17. The Balaban J connectivity index is 2.07. The first-order chi connectivity index (χ1) is 8.15. The van der Waals surface area contributed by atoms with Crippen LogP contribution in [0.25, 0.3) is 5.65 Å². The summed E-state index contributed by atoms with van der Waals surface area (Å²) in [4.78, 5) is 17.5. The predicted molar refractivity (Wildman–Crippen MR) is 67.7 cm³/mol. The third kappa shape index (κ3) is 1.77. The van der Waals surface area contributed by atoms with E-state index in [-0.39, 0.29) is 11.2 Å². The number of hydrogen-bond acceptors (Lipinski definition) is 4. The summed E-state index contributed by atoms with van der Waals surface area (Å²) < 4.78 is 1.57. The average molecular weight is 269 g/mol. The van der Waals surface area contributed by atoms with Crippen molar-refractivity contribution in [3.05, 3.63) is 23.4 Å². The van der Waals surface area contributed by atoms with Gasteiger partial charge in [0.05, 0.1) is 5.02 Å². The number of pyridine rings is 1. The summed E-state index contributed by atoms with van der Waals surface area (Å²) in [5.41, 5.74) is 0.555. The Morgan fingerprint density at radius 2 is 2.35 bits per heavy atom. The van der Waals surface area contributed by atoms with Crippen LogP contribution in [0.3, 0.4) is 0 Å². The summed E-state index contributed by atoms with van der Waals surface area (Å²) in [6, 6.07) is 3.52. The topological polar surface area (TPSA) is 50.5 Å². The van der Waals surface area contributed by atoms with E-state index in [1.807, 2.05) is 0 Å². The van der Waals surface area contributed by atoms with Crippen molar-refractivity contribution >= 4 is 41.7 Å². The van der Waals surface area contributed by atoms with E-state index in [1.54, 1.807) is 27.7 Å². The fourth-order valence-electron chi connectivity index (χ4n) is 1.86. The third-order valence-corrected chi connectivity index (χ3v) is 3.29. The maximum absolute atomic E-state index is 11.7. The minimum atomic E-state index is -0.00275. The molecule has 1 atom stereocenters. The number of amides is 1. The van der Waals surface area contributed by atoms with Gasteiger partial charge in [-0.05, 0) is 12.1 Å². The van der Waals surface area contributed by atoms with Gasteiger partial charge in [0.2, 0.25) is 5.91 Å². The first-order valence-corrected chi connectivity index (χ1v) is 6.04. The van der Waals surface area contributed by atoms with Crippen molar-refractivity contribution in [1.82, 2.24) is 14.6 Å². The molecule has 0 bridgehead atoms. The molecule has 0 spiro atoms. The van der Waals surface area contributed by atoms with Crippen molar-refractivity contribution in [2.75, 3.05) is 11.4 Å². The largest absolute Gasteiger partial charge is 0.278 e. The van der Waals surface area contributed by atoms with Crippen molar-refractivity contribution < 1.29 is 4.79 Å². The van der Waals surface area contributed by atoms with Gasteiger partial charge in [-0.15, -0.1) is 5.10 Å². The lowest BCUT2D eigenvalue weighted by atomic mass is 10.4. The van der Waals surface area contributed by atoms with E-state index in [1.165, 1.54) is 0 Å². The number of anilines is 1. The highest BCUT2D eigenvalue weighted by molar-refractivity contribution is 7.81. The summed E-state index contributed by atoms with van der Waals surface area (Å²) >= 11 is 10.3. The Kier molecular flexibility index (Phi) is 2.48. The van der Waals surface area contributed by atoms with Crippen LogP contribution in [0.1, 0.15) is 6.42 Å². The van der Waals surface area contributed by atoms with Crippen LogP contribution in [0.5, 0.6) is 0 Å². The number of nitrogens with zero attached hydrogens (tertiary/aromatic N) is 4. The summed E-state index contributed by atoms with van der Waals surface area (Å²) in [7, 11) is 0. The van der Waals surface area contributed by atoms with Crippen molar-refractivity contribution in [2.45, 2.75) is 11.7 Å². The number of hydrogen-bond donors (Lipinski definition) is 1. The van der Waals surface area contributed by atoms with E-state index in [0.29, 0.717) is 29.6 Å². The molecule has 2 aromatic rings. The molecule has 1 saturated heterocycles. The van der Waals surface area contributed by atoms with Gasteiger partial charge < -0.3 is 0 Å². The molecule has 88 valence electrons. The Labute approximate surface area is 108 Å². The van der Waals surface area contributed by atoms with Crippen LogP contribution in [0.4, 0.5) is 5.95 Å². The minimum Gasteiger partial charge on any atom is -0.278 e. The van der Waals surface area contributed by atoms with E-state index in [0.717, 1.165) is 0 Å².